The van der Waals surface area contributed by atoms with E-state index in [0.717, 1.165) is 0 Å². The summed E-state index contributed by atoms with van der Waals surface area (Å²) in [6.45, 7) is 5.92. The summed E-state index contributed by atoms with van der Waals surface area (Å²) in [5, 5.41) is 0. The van der Waals surface area contributed by atoms with Crippen molar-refractivity contribution in [2.75, 3.05) is 6.61 Å². The highest BCUT2D eigenvalue weighted by Gasteiger charge is 2.04. The molecule has 0 aliphatic heterocycles. The van der Waals surface area contributed by atoms with Crippen LogP contribution in [-0.4, -0.2) is 12.6 Å². The molecule has 0 aliphatic carbocycles. The van der Waals surface area contributed by atoms with Crippen molar-refractivity contribution in [1.82, 2.24) is 0 Å². The summed E-state index contributed by atoms with van der Waals surface area (Å²) < 4.78 is 4.66. The molecule has 14 heavy (non-hydrogen) atoms. The van der Waals surface area contributed by atoms with Gasteiger partial charge in [-0.25, -0.2) is 0 Å². The Balaban J connectivity index is 0.000000249. The molecule has 0 amide bonds. The van der Waals surface area contributed by atoms with Crippen molar-refractivity contribution in [1.29, 1.82) is 0 Å². The van der Waals surface area contributed by atoms with Gasteiger partial charge in [-0.15, -0.1) is 0 Å². The van der Waals surface area contributed by atoms with Gasteiger partial charge in [0.05, 0.1) is 12.5 Å². The molecule has 78 valence electrons. The minimum atomic E-state index is -0.118. The second-order valence-corrected chi connectivity index (χ2v) is 3.06. The normalized spacial score (nSPS) is 8.86. The number of hydrogen-bond donors (Lipinski definition) is 0. The van der Waals surface area contributed by atoms with E-state index in [1.807, 2.05) is 50.2 Å². The highest BCUT2D eigenvalue weighted by atomic mass is 16.5. The number of esters is 1. The van der Waals surface area contributed by atoms with E-state index in [0.29, 0.717) is 6.61 Å². The summed E-state index contributed by atoms with van der Waals surface area (Å²) in [7, 11) is 0. The predicted octanol–water partition coefficient (Wildman–Crippen LogP) is 2.89. The van der Waals surface area contributed by atoms with Crippen LogP contribution in [0.3, 0.4) is 0 Å². The van der Waals surface area contributed by atoms with Gasteiger partial charge < -0.3 is 4.74 Å². The third-order valence-corrected chi connectivity index (χ3v) is 1.42. The number of ether oxygens (including phenoxy) is 1. The van der Waals surface area contributed by atoms with Crippen LogP contribution in [0.15, 0.2) is 36.4 Å². The fourth-order valence-electron chi connectivity index (χ4n) is 0.694. The Morgan fingerprint density at radius 3 is 1.57 bits per heavy atom. The topological polar surface area (TPSA) is 26.3 Å². The van der Waals surface area contributed by atoms with Crippen molar-refractivity contribution in [3.63, 3.8) is 0 Å². The predicted molar refractivity (Wildman–Crippen MR) is 57.9 cm³/mol. The first-order valence-electron chi connectivity index (χ1n) is 4.85. The molecule has 0 bridgehead atoms. The molecule has 0 radical (unpaired) electrons. The van der Waals surface area contributed by atoms with Gasteiger partial charge in [0.2, 0.25) is 0 Å². The molecule has 1 aromatic carbocycles. The molecule has 2 nitrogen and oxygen atoms in total. The van der Waals surface area contributed by atoms with Gasteiger partial charge in [0.15, 0.2) is 0 Å². The Morgan fingerprint density at radius 1 is 1.07 bits per heavy atom. The number of carbonyl (C=O) groups excluding carboxylic acids is 1. The molecule has 0 heterocycles. The summed E-state index contributed by atoms with van der Waals surface area (Å²) in [5.74, 6) is -0.109. The molecular formula is C12H18O2. The van der Waals surface area contributed by atoms with Gasteiger partial charge in [-0.2, -0.15) is 0 Å². The Kier molecular flexibility index (Phi) is 7.52. The lowest BCUT2D eigenvalue weighted by atomic mass is 10.2. The maximum absolute atomic E-state index is 10.5. The molecule has 0 N–H and O–H groups in total. The average molecular weight is 194 g/mol. The standard InChI is InChI=1S/C6H12O2.C6H6/c1-4-8-6(7)5(2)3;1-2-4-6-5-3-1/h5H,4H2,1-3H3;1-6H. The maximum Gasteiger partial charge on any atom is 0.308 e. The fraction of sp³-hybridized carbons (Fsp3) is 0.417. The molecule has 0 aromatic heterocycles. The number of hydrogen-bond acceptors (Lipinski definition) is 2. The van der Waals surface area contributed by atoms with Crippen molar-refractivity contribution >= 4 is 5.97 Å². The Hall–Kier alpha value is -1.31. The van der Waals surface area contributed by atoms with Crippen LogP contribution in [-0.2, 0) is 9.53 Å². The van der Waals surface area contributed by atoms with Crippen LogP contribution in [0.1, 0.15) is 20.8 Å². The highest BCUT2D eigenvalue weighted by molar-refractivity contribution is 5.71. The van der Waals surface area contributed by atoms with E-state index in [9.17, 15) is 4.79 Å². The molecule has 2 heteroatoms. The summed E-state index contributed by atoms with van der Waals surface area (Å²) in [6, 6.07) is 12.0. The van der Waals surface area contributed by atoms with Crippen molar-refractivity contribution in [3.05, 3.63) is 36.4 Å². The third-order valence-electron chi connectivity index (χ3n) is 1.42. The molecule has 0 unspecified atom stereocenters. The smallest absolute Gasteiger partial charge is 0.308 e. The molecule has 0 aliphatic rings. The molecule has 0 atom stereocenters. The molecule has 0 fully saturated rings. The van der Waals surface area contributed by atoms with Crippen molar-refractivity contribution < 1.29 is 9.53 Å². The first-order chi connectivity index (χ1) is 6.68. The summed E-state index contributed by atoms with van der Waals surface area (Å²) >= 11 is 0. The minimum absolute atomic E-state index is 0.00921. The zero-order valence-electron chi connectivity index (χ0n) is 9.07. The molecule has 0 saturated heterocycles. The first kappa shape index (κ1) is 12.7. The van der Waals surface area contributed by atoms with Crippen LogP contribution in [0.25, 0.3) is 0 Å². The third kappa shape index (κ3) is 7.35. The molecular weight excluding hydrogens is 176 g/mol. The second-order valence-electron chi connectivity index (χ2n) is 3.06. The molecule has 1 rings (SSSR count). The Morgan fingerprint density at radius 2 is 1.43 bits per heavy atom. The summed E-state index contributed by atoms with van der Waals surface area (Å²) in [5.41, 5.74) is 0. The summed E-state index contributed by atoms with van der Waals surface area (Å²) in [6.07, 6.45) is 0. The molecule has 0 spiro atoms. The SMILES string of the molecule is CCOC(=O)C(C)C.c1ccccc1. The zero-order valence-corrected chi connectivity index (χ0v) is 9.07. The van der Waals surface area contributed by atoms with Gasteiger partial charge >= 0.3 is 5.97 Å². The maximum atomic E-state index is 10.5. The van der Waals surface area contributed by atoms with Gasteiger partial charge in [-0.3, -0.25) is 4.79 Å². The molecule has 0 saturated carbocycles. The lowest BCUT2D eigenvalue weighted by Crippen LogP contribution is -2.10. The Bertz CT molecular complexity index is 203. The van der Waals surface area contributed by atoms with E-state index in [1.54, 1.807) is 6.92 Å². The number of carbonyl (C=O) groups is 1. The van der Waals surface area contributed by atoms with Gasteiger partial charge in [-0.1, -0.05) is 50.2 Å². The fourth-order valence-corrected chi connectivity index (χ4v) is 0.694. The lowest BCUT2D eigenvalue weighted by Gasteiger charge is -2.01. The van der Waals surface area contributed by atoms with Gasteiger partial charge in [0.25, 0.3) is 0 Å². The monoisotopic (exact) mass is 194 g/mol. The van der Waals surface area contributed by atoms with Gasteiger partial charge in [0, 0.05) is 0 Å². The van der Waals surface area contributed by atoms with E-state index < -0.39 is 0 Å². The number of rotatable bonds is 2. The van der Waals surface area contributed by atoms with E-state index in [-0.39, 0.29) is 11.9 Å². The highest BCUT2D eigenvalue weighted by Crippen LogP contribution is 1.93. The van der Waals surface area contributed by atoms with Crippen LogP contribution in [0.2, 0.25) is 0 Å². The largest absolute Gasteiger partial charge is 0.466 e. The van der Waals surface area contributed by atoms with Crippen molar-refractivity contribution in [3.8, 4) is 0 Å². The van der Waals surface area contributed by atoms with Gasteiger partial charge in [0.1, 0.15) is 0 Å². The van der Waals surface area contributed by atoms with E-state index in [4.69, 9.17) is 0 Å². The van der Waals surface area contributed by atoms with Crippen LogP contribution < -0.4 is 0 Å². The lowest BCUT2D eigenvalue weighted by molar-refractivity contribution is -0.146. The number of benzene rings is 1. The van der Waals surface area contributed by atoms with Crippen LogP contribution in [0.4, 0.5) is 0 Å². The minimum Gasteiger partial charge on any atom is -0.466 e. The first-order valence-corrected chi connectivity index (χ1v) is 4.85. The quantitative estimate of drug-likeness (QED) is 0.677. The van der Waals surface area contributed by atoms with E-state index in [1.165, 1.54) is 0 Å². The van der Waals surface area contributed by atoms with Crippen LogP contribution in [0.5, 0.6) is 0 Å². The van der Waals surface area contributed by atoms with Crippen molar-refractivity contribution in [2.24, 2.45) is 5.92 Å². The zero-order chi connectivity index (χ0) is 10.8. The van der Waals surface area contributed by atoms with Crippen LogP contribution in [0, 0.1) is 5.92 Å². The van der Waals surface area contributed by atoms with Crippen molar-refractivity contribution in [2.45, 2.75) is 20.8 Å². The van der Waals surface area contributed by atoms with E-state index in [2.05, 4.69) is 4.74 Å². The Labute approximate surface area is 85.9 Å². The van der Waals surface area contributed by atoms with Gasteiger partial charge in [-0.05, 0) is 6.92 Å². The average Bonchev–Trinajstić information content (AvgIpc) is 2.21. The van der Waals surface area contributed by atoms with E-state index >= 15 is 0 Å². The summed E-state index contributed by atoms with van der Waals surface area (Å²) in [4.78, 5) is 10.5. The second kappa shape index (κ2) is 8.30. The molecule has 1 aromatic rings. The van der Waals surface area contributed by atoms with Crippen LogP contribution >= 0.6 is 0 Å².